The van der Waals surface area contributed by atoms with Crippen LogP contribution in [0.4, 0.5) is 5.82 Å². The lowest BCUT2D eigenvalue weighted by Gasteiger charge is -2.22. The first-order valence-corrected chi connectivity index (χ1v) is 8.68. The summed E-state index contributed by atoms with van der Waals surface area (Å²) < 4.78 is 0. The minimum absolute atomic E-state index is 0.0906. The third-order valence-electron chi connectivity index (χ3n) is 4.52. The van der Waals surface area contributed by atoms with E-state index < -0.39 is 6.04 Å². The van der Waals surface area contributed by atoms with E-state index >= 15 is 0 Å². The number of phenols is 2. The second-order valence-corrected chi connectivity index (χ2v) is 6.38. The number of aryl methyl sites for hydroxylation is 1. The normalized spacial score (nSPS) is 12.0. The van der Waals surface area contributed by atoms with Crippen LogP contribution in [0, 0.1) is 6.92 Å². The average Bonchev–Trinajstić information content (AvgIpc) is 2.69. The Kier molecular flexibility index (Phi) is 4.34. The Balaban J connectivity index is 1.89. The van der Waals surface area contributed by atoms with Crippen molar-refractivity contribution >= 4 is 16.7 Å². The average molecular weight is 357 g/mol. The zero-order valence-electron chi connectivity index (χ0n) is 14.8. The summed E-state index contributed by atoms with van der Waals surface area (Å²) in [7, 11) is 0. The molecule has 134 valence electrons. The maximum absolute atomic E-state index is 11.0. The summed E-state index contributed by atoms with van der Waals surface area (Å²) in [5, 5.41) is 25.6. The van der Waals surface area contributed by atoms with Gasteiger partial charge in [-0.2, -0.15) is 0 Å². The molecule has 3 N–H and O–H groups in total. The van der Waals surface area contributed by atoms with E-state index in [-0.39, 0.29) is 11.5 Å². The zero-order chi connectivity index (χ0) is 18.8. The van der Waals surface area contributed by atoms with Gasteiger partial charge in [0, 0.05) is 28.4 Å². The van der Waals surface area contributed by atoms with E-state index in [0.29, 0.717) is 22.5 Å². The molecule has 5 nitrogen and oxygen atoms in total. The number of phenolic OH excluding ortho intramolecular Hbond substituents is 2. The quantitative estimate of drug-likeness (QED) is 0.499. The molecule has 2 aromatic heterocycles. The number of aromatic hydroxyl groups is 2. The van der Waals surface area contributed by atoms with Gasteiger partial charge < -0.3 is 15.5 Å². The Hall–Kier alpha value is -3.60. The van der Waals surface area contributed by atoms with Gasteiger partial charge in [0.05, 0.1) is 6.04 Å². The number of anilines is 1. The lowest BCUT2D eigenvalue weighted by molar-refractivity contribution is 0.460. The number of rotatable bonds is 4. The van der Waals surface area contributed by atoms with Gasteiger partial charge in [-0.15, -0.1) is 0 Å². The van der Waals surface area contributed by atoms with E-state index in [9.17, 15) is 10.2 Å². The molecule has 0 saturated heterocycles. The molecule has 0 aliphatic rings. The molecule has 0 aliphatic heterocycles. The van der Waals surface area contributed by atoms with Crippen LogP contribution in [0.2, 0.25) is 0 Å². The van der Waals surface area contributed by atoms with Crippen LogP contribution >= 0.6 is 0 Å². The third kappa shape index (κ3) is 3.27. The third-order valence-corrected chi connectivity index (χ3v) is 4.52. The number of fused-ring (bicyclic) bond motifs is 1. The molecule has 5 heteroatoms. The van der Waals surface area contributed by atoms with E-state index in [2.05, 4.69) is 15.3 Å². The highest BCUT2D eigenvalue weighted by Gasteiger charge is 2.22. The standard InChI is InChI=1S/C22H19N3O2/c1-14-9-10-15-11-12-17(22(27)20(15)24-14)21(16-6-2-3-7-18(16)26)25-19-8-4-5-13-23-19/h2-13,21,26-27H,1H3,(H,23,25). The summed E-state index contributed by atoms with van der Waals surface area (Å²) >= 11 is 0. The van der Waals surface area contributed by atoms with Crippen molar-refractivity contribution in [1.29, 1.82) is 0 Å². The fraction of sp³-hybridized carbons (Fsp3) is 0.0909. The molecule has 1 unspecified atom stereocenters. The SMILES string of the molecule is Cc1ccc2ccc(C(Nc3ccccn3)c3ccccc3O)c(O)c2n1. The van der Waals surface area contributed by atoms with E-state index in [4.69, 9.17) is 0 Å². The van der Waals surface area contributed by atoms with Crippen molar-refractivity contribution < 1.29 is 10.2 Å². The second kappa shape index (κ2) is 6.96. The first-order valence-electron chi connectivity index (χ1n) is 8.68. The number of hydrogen-bond acceptors (Lipinski definition) is 5. The van der Waals surface area contributed by atoms with Crippen LogP contribution in [-0.2, 0) is 0 Å². The highest BCUT2D eigenvalue weighted by Crippen LogP contribution is 2.38. The van der Waals surface area contributed by atoms with Crippen LogP contribution < -0.4 is 5.32 Å². The van der Waals surface area contributed by atoms with Crippen LogP contribution in [0.3, 0.4) is 0 Å². The molecule has 4 aromatic rings. The molecule has 0 saturated carbocycles. The van der Waals surface area contributed by atoms with Gasteiger partial charge in [-0.25, -0.2) is 9.97 Å². The number of para-hydroxylation sites is 1. The van der Waals surface area contributed by atoms with Crippen LogP contribution in [0.25, 0.3) is 10.9 Å². The Morgan fingerprint density at radius 3 is 2.41 bits per heavy atom. The van der Waals surface area contributed by atoms with Crippen molar-refractivity contribution in [2.75, 3.05) is 5.32 Å². The summed E-state index contributed by atoms with van der Waals surface area (Å²) in [6.07, 6.45) is 1.69. The van der Waals surface area contributed by atoms with Crippen molar-refractivity contribution in [3.63, 3.8) is 0 Å². The Morgan fingerprint density at radius 2 is 1.63 bits per heavy atom. The van der Waals surface area contributed by atoms with Gasteiger partial charge in [0.25, 0.3) is 0 Å². The minimum atomic E-state index is -0.493. The van der Waals surface area contributed by atoms with Crippen molar-refractivity contribution in [1.82, 2.24) is 9.97 Å². The Morgan fingerprint density at radius 1 is 0.852 bits per heavy atom. The number of pyridine rings is 2. The molecule has 1 atom stereocenters. The Bertz CT molecular complexity index is 1100. The molecule has 4 rings (SSSR count). The van der Waals surface area contributed by atoms with Crippen molar-refractivity contribution in [2.24, 2.45) is 0 Å². The maximum Gasteiger partial charge on any atom is 0.147 e. The fourth-order valence-corrected chi connectivity index (χ4v) is 3.17. The van der Waals surface area contributed by atoms with Crippen molar-refractivity contribution in [2.45, 2.75) is 13.0 Å². The number of nitrogens with zero attached hydrogens (tertiary/aromatic N) is 2. The zero-order valence-corrected chi connectivity index (χ0v) is 14.8. The topological polar surface area (TPSA) is 78.3 Å². The van der Waals surface area contributed by atoms with Crippen LogP contribution in [0.5, 0.6) is 11.5 Å². The fourth-order valence-electron chi connectivity index (χ4n) is 3.17. The highest BCUT2D eigenvalue weighted by atomic mass is 16.3. The molecule has 0 amide bonds. The van der Waals surface area contributed by atoms with Gasteiger partial charge in [0.15, 0.2) is 0 Å². The minimum Gasteiger partial charge on any atom is -0.508 e. The van der Waals surface area contributed by atoms with E-state index in [1.165, 1.54) is 0 Å². The summed E-state index contributed by atoms with van der Waals surface area (Å²) in [6, 6.07) is 19.7. The number of hydrogen-bond donors (Lipinski definition) is 3. The first-order chi connectivity index (χ1) is 13.1. The molecule has 27 heavy (non-hydrogen) atoms. The van der Waals surface area contributed by atoms with Crippen molar-refractivity contribution in [3.8, 4) is 11.5 Å². The lowest BCUT2D eigenvalue weighted by atomic mass is 9.95. The first kappa shape index (κ1) is 16.8. The lowest BCUT2D eigenvalue weighted by Crippen LogP contribution is -2.14. The molecule has 0 aliphatic carbocycles. The molecule has 0 spiro atoms. The van der Waals surface area contributed by atoms with Gasteiger partial charge in [-0.1, -0.05) is 42.5 Å². The predicted octanol–water partition coefficient (Wildman–Crippen LogP) is 4.55. The van der Waals surface area contributed by atoms with Crippen LogP contribution in [0.1, 0.15) is 22.9 Å². The van der Waals surface area contributed by atoms with Crippen molar-refractivity contribution in [3.05, 3.63) is 89.7 Å². The Labute approximate surface area is 157 Å². The predicted molar refractivity (Wildman–Crippen MR) is 106 cm³/mol. The largest absolute Gasteiger partial charge is 0.508 e. The molecule has 2 aromatic carbocycles. The number of aromatic nitrogens is 2. The summed E-state index contributed by atoms with van der Waals surface area (Å²) in [4.78, 5) is 8.80. The second-order valence-electron chi connectivity index (χ2n) is 6.38. The van der Waals surface area contributed by atoms with Gasteiger partial charge in [-0.3, -0.25) is 0 Å². The monoisotopic (exact) mass is 357 g/mol. The molecule has 0 radical (unpaired) electrons. The van der Waals surface area contributed by atoms with Gasteiger partial charge in [-0.05, 0) is 31.2 Å². The van der Waals surface area contributed by atoms with Crippen LogP contribution in [-0.4, -0.2) is 20.2 Å². The van der Waals surface area contributed by atoms with Gasteiger partial charge in [0.2, 0.25) is 0 Å². The van der Waals surface area contributed by atoms with E-state index in [1.54, 1.807) is 18.3 Å². The van der Waals surface area contributed by atoms with Gasteiger partial charge in [0.1, 0.15) is 22.8 Å². The molecule has 0 fully saturated rings. The van der Waals surface area contributed by atoms with E-state index in [1.807, 2.05) is 61.5 Å². The van der Waals surface area contributed by atoms with Gasteiger partial charge >= 0.3 is 0 Å². The highest BCUT2D eigenvalue weighted by molar-refractivity contribution is 5.86. The molecular weight excluding hydrogens is 338 g/mol. The van der Waals surface area contributed by atoms with Crippen LogP contribution in [0.15, 0.2) is 72.9 Å². The summed E-state index contributed by atoms with van der Waals surface area (Å²) in [6.45, 7) is 1.89. The number of benzene rings is 2. The molecule has 0 bridgehead atoms. The van der Waals surface area contributed by atoms with E-state index in [0.717, 1.165) is 11.1 Å². The molecule has 2 heterocycles. The number of nitrogens with one attached hydrogen (secondary N) is 1. The maximum atomic E-state index is 11.0. The smallest absolute Gasteiger partial charge is 0.147 e. The molecular formula is C22H19N3O2. The summed E-state index contributed by atoms with van der Waals surface area (Å²) in [5.41, 5.74) is 2.63. The summed E-state index contributed by atoms with van der Waals surface area (Å²) in [5.74, 6) is 0.873.